The fourth-order valence-corrected chi connectivity index (χ4v) is 1.56. The standard InChI is InChI=1S/C14H22N2O/c1-5-6-9-12(17)11-8-7-10-15-13(11)16-14(2,3)4/h7-8,10H,5-6,9H2,1-4H3,(H,15,16). The molecule has 0 bridgehead atoms. The molecule has 0 saturated heterocycles. The normalized spacial score (nSPS) is 11.3. The molecule has 0 aliphatic heterocycles. The monoisotopic (exact) mass is 234 g/mol. The van der Waals surface area contributed by atoms with E-state index >= 15 is 0 Å². The van der Waals surface area contributed by atoms with Gasteiger partial charge in [-0.3, -0.25) is 4.79 Å². The third-order valence-electron chi connectivity index (χ3n) is 2.36. The van der Waals surface area contributed by atoms with Gasteiger partial charge in [-0.1, -0.05) is 13.3 Å². The van der Waals surface area contributed by atoms with E-state index in [0.29, 0.717) is 17.8 Å². The highest BCUT2D eigenvalue weighted by Crippen LogP contribution is 2.19. The molecule has 0 radical (unpaired) electrons. The molecule has 1 heterocycles. The Kier molecular flexibility index (Phi) is 4.67. The molecule has 0 unspecified atom stereocenters. The molecule has 0 amide bonds. The Hall–Kier alpha value is -1.38. The Morgan fingerprint density at radius 3 is 2.71 bits per heavy atom. The summed E-state index contributed by atoms with van der Waals surface area (Å²) < 4.78 is 0. The molecule has 3 nitrogen and oxygen atoms in total. The van der Waals surface area contributed by atoms with Gasteiger partial charge in [0.05, 0.1) is 5.56 Å². The predicted molar refractivity (Wildman–Crippen MR) is 71.5 cm³/mol. The van der Waals surface area contributed by atoms with Crippen LogP contribution < -0.4 is 5.32 Å². The van der Waals surface area contributed by atoms with Crippen molar-refractivity contribution in [1.29, 1.82) is 0 Å². The molecular weight excluding hydrogens is 212 g/mol. The van der Waals surface area contributed by atoms with Crippen LogP contribution >= 0.6 is 0 Å². The minimum atomic E-state index is -0.0891. The molecule has 0 saturated carbocycles. The lowest BCUT2D eigenvalue weighted by atomic mass is 10.0. The number of anilines is 1. The van der Waals surface area contributed by atoms with Gasteiger partial charge in [0.1, 0.15) is 5.82 Å². The van der Waals surface area contributed by atoms with Gasteiger partial charge in [0.15, 0.2) is 5.78 Å². The average molecular weight is 234 g/mol. The molecule has 0 atom stereocenters. The largest absolute Gasteiger partial charge is 0.365 e. The summed E-state index contributed by atoms with van der Waals surface area (Å²) in [5.41, 5.74) is 0.615. The highest BCUT2D eigenvalue weighted by molar-refractivity contribution is 6.00. The summed E-state index contributed by atoms with van der Waals surface area (Å²) in [4.78, 5) is 16.3. The minimum Gasteiger partial charge on any atom is -0.365 e. The fourth-order valence-electron chi connectivity index (χ4n) is 1.56. The fraction of sp³-hybridized carbons (Fsp3) is 0.571. The van der Waals surface area contributed by atoms with Gasteiger partial charge in [-0.05, 0) is 39.3 Å². The first-order valence-electron chi connectivity index (χ1n) is 6.20. The molecule has 94 valence electrons. The maximum absolute atomic E-state index is 12.0. The number of aromatic nitrogens is 1. The van der Waals surface area contributed by atoms with Crippen LogP contribution in [0.25, 0.3) is 0 Å². The summed E-state index contributed by atoms with van der Waals surface area (Å²) in [5.74, 6) is 0.868. The van der Waals surface area contributed by atoms with E-state index in [9.17, 15) is 4.79 Å². The number of nitrogens with one attached hydrogen (secondary N) is 1. The van der Waals surface area contributed by atoms with Gasteiger partial charge in [0, 0.05) is 18.2 Å². The highest BCUT2D eigenvalue weighted by atomic mass is 16.1. The summed E-state index contributed by atoms with van der Waals surface area (Å²) >= 11 is 0. The lowest BCUT2D eigenvalue weighted by molar-refractivity contribution is 0.0980. The molecule has 0 aliphatic carbocycles. The van der Waals surface area contributed by atoms with Gasteiger partial charge in [0.2, 0.25) is 0 Å². The first kappa shape index (κ1) is 13.7. The van der Waals surface area contributed by atoms with Crippen LogP contribution in [0.15, 0.2) is 18.3 Å². The summed E-state index contributed by atoms with van der Waals surface area (Å²) in [7, 11) is 0. The maximum atomic E-state index is 12.0. The van der Waals surface area contributed by atoms with Gasteiger partial charge in [-0.25, -0.2) is 4.98 Å². The lowest BCUT2D eigenvalue weighted by Crippen LogP contribution is -2.28. The number of nitrogens with zero attached hydrogens (tertiary/aromatic N) is 1. The van der Waals surface area contributed by atoms with E-state index in [1.165, 1.54) is 0 Å². The Morgan fingerprint density at radius 2 is 2.12 bits per heavy atom. The molecule has 0 fully saturated rings. The lowest BCUT2D eigenvalue weighted by Gasteiger charge is -2.22. The SMILES string of the molecule is CCCCC(=O)c1cccnc1NC(C)(C)C. The second-order valence-corrected chi connectivity index (χ2v) is 5.30. The second-order valence-electron chi connectivity index (χ2n) is 5.30. The first-order chi connectivity index (χ1) is 7.94. The van der Waals surface area contributed by atoms with E-state index < -0.39 is 0 Å². The van der Waals surface area contributed by atoms with Crippen molar-refractivity contribution in [1.82, 2.24) is 4.98 Å². The number of hydrogen-bond donors (Lipinski definition) is 1. The van der Waals surface area contributed by atoms with Crippen molar-refractivity contribution >= 4 is 11.6 Å². The zero-order valence-electron chi connectivity index (χ0n) is 11.2. The number of hydrogen-bond acceptors (Lipinski definition) is 3. The molecule has 1 aromatic rings. The summed E-state index contributed by atoms with van der Waals surface area (Å²) in [6.45, 7) is 8.26. The van der Waals surface area contributed by atoms with E-state index in [4.69, 9.17) is 0 Å². The smallest absolute Gasteiger partial charge is 0.166 e. The Balaban J connectivity index is 2.88. The third kappa shape index (κ3) is 4.55. The molecule has 1 rings (SSSR count). The molecule has 17 heavy (non-hydrogen) atoms. The Bertz CT molecular complexity index is 380. The predicted octanol–water partition coefficient (Wildman–Crippen LogP) is 3.66. The quantitative estimate of drug-likeness (QED) is 0.790. The number of pyridine rings is 1. The van der Waals surface area contributed by atoms with Crippen LogP contribution in [0.3, 0.4) is 0 Å². The van der Waals surface area contributed by atoms with Crippen LogP contribution in [0.4, 0.5) is 5.82 Å². The minimum absolute atomic E-state index is 0.0891. The van der Waals surface area contributed by atoms with Crippen molar-refractivity contribution in [3.05, 3.63) is 23.9 Å². The Labute approximate surface area is 104 Å². The van der Waals surface area contributed by atoms with Crippen LogP contribution in [0.2, 0.25) is 0 Å². The molecular formula is C14H22N2O. The summed E-state index contributed by atoms with van der Waals surface area (Å²) in [6, 6.07) is 3.66. The molecule has 0 spiro atoms. The molecule has 1 N–H and O–H groups in total. The van der Waals surface area contributed by atoms with Crippen molar-refractivity contribution < 1.29 is 4.79 Å². The van der Waals surface area contributed by atoms with Crippen LogP contribution in [-0.2, 0) is 0 Å². The molecule has 1 aromatic heterocycles. The number of carbonyl (C=O) groups is 1. The molecule has 0 aromatic carbocycles. The van der Waals surface area contributed by atoms with E-state index in [1.54, 1.807) is 6.20 Å². The second kappa shape index (κ2) is 5.80. The zero-order valence-corrected chi connectivity index (χ0v) is 11.2. The van der Waals surface area contributed by atoms with Crippen molar-refractivity contribution in [2.45, 2.75) is 52.5 Å². The zero-order chi connectivity index (χ0) is 12.9. The summed E-state index contributed by atoms with van der Waals surface area (Å²) in [5, 5.41) is 3.28. The van der Waals surface area contributed by atoms with Crippen LogP contribution in [0, 0.1) is 0 Å². The van der Waals surface area contributed by atoms with Crippen molar-refractivity contribution in [2.24, 2.45) is 0 Å². The molecule has 3 heteroatoms. The van der Waals surface area contributed by atoms with Gasteiger partial charge in [0.25, 0.3) is 0 Å². The van der Waals surface area contributed by atoms with E-state index in [1.807, 2.05) is 12.1 Å². The molecule has 0 aliphatic rings. The third-order valence-corrected chi connectivity index (χ3v) is 2.36. The van der Waals surface area contributed by atoms with Gasteiger partial charge in [-0.15, -0.1) is 0 Å². The maximum Gasteiger partial charge on any atom is 0.166 e. The van der Waals surface area contributed by atoms with E-state index in [2.05, 4.69) is 38.0 Å². The van der Waals surface area contributed by atoms with Crippen LogP contribution in [0.5, 0.6) is 0 Å². The van der Waals surface area contributed by atoms with Gasteiger partial charge >= 0.3 is 0 Å². The number of unbranched alkanes of at least 4 members (excludes halogenated alkanes) is 1. The van der Waals surface area contributed by atoms with Crippen molar-refractivity contribution in [3.63, 3.8) is 0 Å². The average Bonchev–Trinajstić information content (AvgIpc) is 2.24. The van der Waals surface area contributed by atoms with E-state index in [0.717, 1.165) is 12.8 Å². The van der Waals surface area contributed by atoms with Crippen LogP contribution in [-0.4, -0.2) is 16.3 Å². The van der Waals surface area contributed by atoms with Crippen molar-refractivity contribution in [2.75, 3.05) is 5.32 Å². The number of rotatable bonds is 5. The number of ketones is 1. The summed E-state index contributed by atoms with van der Waals surface area (Å²) in [6.07, 6.45) is 4.28. The highest BCUT2D eigenvalue weighted by Gasteiger charge is 2.16. The van der Waals surface area contributed by atoms with Crippen molar-refractivity contribution in [3.8, 4) is 0 Å². The van der Waals surface area contributed by atoms with Gasteiger partial charge < -0.3 is 5.32 Å². The topological polar surface area (TPSA) is 42.0 Å². The first-order valence-corrected chi connectivity index (χ1v) is 6.20. The number of carbonyl (C=O) groups excluding carboxylic acids is 1. The Morgan fingerprint density at radius 1 is 1.41 bits per heavy atom. The van der Waals surface area contributed by atoms with Crippen LogP contribution in [0.1, 0.15) is 57.3 Å². The number of Topliss-reactive ketones (excluding diaryl/α,β-unsaturated/α-hetero) is 1. The van der Waals surface area contributed by atoms with Gasteiger partial charge in [-0.2, -0.15) is 0 Å². The van der Waals surface area contributed by atoms with E-state index in [-0.39, 0.29) is 11.3 Å².